The molecule has 3 aliphatic rings. The molecule has 33 heavy (non-hydrogen) atoms. The summed E-state index contributed by atoms with van der Waals surface area (Å²) < 4.78 is 6.01. The molecule has 176 valence electrons. The Morgan fingerprint density at radius 1 is 1.00 bits per heavy atom. The lowest BCUT2D eigenvalue weighted by Gasteiger charge is -2.54. The topological polar surface area (TPSA) is 81.8 Å². The van der Waals surface area contributed by atoms with Gasteiger partial charge in [0.05, 0.1) is 47.8 Å². The third-order valence-electron chi connectivity index (χ3n) is 6.97. The standard InChI is InChI=1S/C23H27Cl2N5O3/c24-16-4-3-15(11-17(16)25)12-21(31)30-10-9-29(23(32)18-5-6-26-27-18)20-14-33-13-19(22(20)30)28-7-1-2-8-28/h3-6,11,19-20,22H,1-2,7-10,12-14H2,(H,26,27)/t19-,20?,22+/m0/s1. The lowest BCUT2D eigenvalue weighted by atomic mass is 9.90. The molecule has 8 nitrogen and oxygen atoms in total. The molecule has 2 amide bonds. The minimum Gasteiger partial charge on any atom is -0.378 e. The number of carbonyl (C=O) groups excluding carboxylic acids is 2. The highest BCUT2D eigenvalue weighted by molar-refractivity contribution is 6.42. The number of hydrogen-bond acceptors (Lipinski definition) is 5. The number of ether oxygens (including phenoxy) is 1. The second-order valence-electron chi connectivity index (χ2n) is 8.89. The van der Waals surface area contributed by atoms with Crippen LogP contribution in [0.3, 0.4) is 0 Å². The molecule has 1 aromatic heterocycles. The van der Waals surface area contributed by atoms with Crippen LogP contribution in [0, 0.1) is 0 Å². The summed E-state index contributed by atoms with van der Waals surface area (Å²) in [6.07, 6.45) is 4.10. The molecule has 10 heteroatoms. The van der Waals surface area contributed by atoms with Crippen LogP contribution in [0.2, 0.25) is 10.0 Å². The van der Waals surface area contributed by atoms with E-state index in [9.17, 15) is 9.59 Å². The number of hydrogen-bond donors (Lipinski definition) is 1. The summed E-state index contributed by atoms with van der Waals surface area (Å²) in [6.45, 7) is 3.87. The average molecular weight is 492 g/mol. The highest BCUT2D eigenvalue weighted by atomic mass is 35.5. The maximum Gasteiger partial charge on any atom is 0.272 e. The van der Waals surface area contributed by atoms with Gasteiger partial charge in [-0.3, -0.25) is 19.6 Å². The fourth-order valence-electron chi connectivity index (χ4n) is 5.38. The Balaban J connectivity index is 1.42. The zero-order valence-electron chi connectivity index (χ0n) is 18.3. The van der Waals surface area contributed by atoms with E-state index in [2.05, 4.69) is 15.1 Å². The van der Waals surface area contributed by atoms with Crippen LogP contribution in [0.15, 0.2) is 30.5 Å². The molecule has 4 heterocycles. The fraction of sp³-hybridized carbons (Fsp3) is 0.522. The molecule has 0 saturated carbocycles. The molecule has 0 radical (unpaired) electrons. The summed E-state index contributed by atoms with van der Waals surface area (Å²) in [5.41, 5.74) is 1.28. The number of amides is 2. The van der Waals surface area contributed by atoms with E-state index >= 15 is 0 Å². The van der Waals surface area contributed by atoms with Gasteiger partial charge in [-0.05, 0) is 49.7 Å². The monoisotopic (exact) mass is 491 g/mol. The van der Waals surface area contributed by atoms with Crippen LogP contribution in [0.5, 0.6) is 0 Å². The molecule has 0 spiro atoms. The van der Waals surface area contributed by atoms with Gasteiger partial charge < -0.3 is 14.5 Å². The number of rotatable bonds is 4. The van der Waals surface area contributed by atoms with Crippen LogP contribution in [0.4, 0.5) is 0 Å². The normalized spacial score (nSPS) is 25.8. The average Bonchev–Trinajstić information content (AvgIpc) is 3.54. The highest BCUT2D eigenvalue weighted by Gasteiger charge is 2.49. The first kappa shape index (κ1) is 22.7. The van der Waals surface area contributed by atoms with Crippen LogP contribution in [0.25, 0.3) is 0 Å². The number of fused-ring (bicyclic) bond motifs is 1. The van der Waals surface area contributed by atoms with Gasteiger partial charge in [-0.1, -0.05) is 29.3 Å². The number of aromatic amines is 1. The first-order valence-electron chi connectivity index (χ1n) is 11.4. The van der Waals surface area contributed by atoms with Crippen LogP contribution < -0.4 is 0 Å². The predicted octanol–water partition coefficient (Wildman–Crippen LogP) is 2.48. The van der Waals surface area contributed by atoms with Crippen molar-refractivity contribution < 1.29 is 14.3 Å². The summed E-state index contributed by atoms with van der Waals surface area (Å²) in [5.74, 6) is -0.0760. The van der Waals surface area contributed by atoms with Gasteiger partial charge in [-0.2, -0.15) is 5.10 Å². The quantitative estimate of drug-likeness (QED) is 0.710. The summed E-state index contributed by atoms with van der Waals surface area (Å²) in [5, 5.41) is 7.61. The Morgan fingerprint density at radius 3 is 2.48 bits per heavy atom. The first-order valence-corrected chi connectivity index (χ1v) is 12.1. The summed E-state index contributed by atoms with van der Waals surface area (Å²) >= 11 is 12.2. The Bertz CT molecular complexity index is 1010. The molecule has 1 aromatic carbocycles. The molecule has 2 aromatic rings. The van der Waals surface area contributed by atoms with E-state index in [4.69, 9.17) is 27.9 Å². The number of piperazine rings is 1. The number of nitrogens with zero attached hydrogens (tertiary/aromatic N) is 4. The van der Waals surface area contributed by atoms with Crippen molar-refractivity contribution in [2.45, 2.75) is 37.4 Å². The zero-order chi connectivity index (χ0) is 22.9. The van der Waals surface area contributed by atoms with Crippen molar-refractivity contribution in [1.29, 1.82) is 0 Å². The van der Waals surface area contributed by atoms with Gasteiger partial charge in [0.15, 0.2) is 0 Å². The van der Waals surface area contributed by atoms with Gasteiger partial charge in [0.2, 0.25) is 5.91 Å². The SMILES string of the molecule is O=C(c1ccn[nH]1)N1CCN(C(=O)Cc2ccc(Cl)c(Cl)c2)[C@H]2C1COC[C@@H]2N1CCCC1. The number of halogens is 2. The van der Waals surface area contributed by atoms with Gasteiger partial charge in [0.1, 0.15) is 5.69 Å². The van der Waals surface area contributed by atoms with Gasteiger partial charge in [-0.25, -0.2) is 0 Å². The van der Waals surface area contributed by atoms with Crippen LogP contribution in [0.1, 0.15) is 28.9 Å². The first-order chi connectivity index (χ1) is 16.0. The molecule has 3 atom stereocenters. The number of carbonyl (C=O) groups is 2. The molecule has 0 aliphatic carbocycles. The number of aromatic nitrogens is 2. The van der Waals surface area contributed by atoms with Crippen LogP contribution in [-0.4, -0.2) is 94.2 Å². The molecule has 0 bridgehead atoms. The lowest BCUT2D eigenvalue weighted by molar-refractivity contribution is -0.149. The largest absolute Gasteiger partial charge is 0.378 e. The van der Waals surface area contributed by atoms with Crippen molar-refractivity contribution >= 4 is 35.0 Å². The molecular formula is C23H27Cl2N5O3. The summed E-state index contributed by atoms with van der Waals surface area (Å²) in [7, 11) is 0. The summed E-state index contributed by atoms with van der Waals surface area (Å²) in [6, 6.07) is 6.70. The Hall–Kier alpha value is -2.13. The molecular weight excluding hydrogens is 465 g/mol. The Morgan fingerprint density at radius 2 is 1.76 bits per heavy atom. The van der Waals surface area contributed by atoms with Crippen LogP contribution >= 0.6 is 23.2 Å². The molecule has 1 N–H and O–H groups in total. The van der Waals surface area contributed by atoms with E-state index in [1.165, 1.54) is 0 Å². The maximum absolute atomic E-state index is 13.6. The van der Waals surface area contributed by atoms with Gasteiger partial charge in [-0.15, -0.1) is 0 Å². The van der Waals surface area contributed by atoms with Gasteiger partial charge in [0.25, 0.3) is 5.91 Å². The smallest absolute Gasteiger partial charge is 0.272 e. The fourth-order valence-corrected chi connectivity index (χ4v) is 5.70. The van der Waals surface area contributed by atoms with Crippen molar-refractivity contribution in [3.63, 3.8) is 0 Å². The third-order valence-corrected chi connectivity index (χ3v) is 7.71. The highest BCUT2D eigenvalue weighted by Crippen LogP contribution is 2.31. The lowest BCUT2D eigenvalue weighted by Crippen LogP contribution is -2.72. The Kier molecular flexibility index (Phi) is 6.60. The van der Waals surface area contributed by atoms with E-state index in [0.29, 0.717) is 42.0 Å². The van der Waals surface area contributed by atoms with Gasteiger partial charge >= 0.3 is 0 Å². The number of H-pyrrole nitrogens is 1. The minimum absolute atomic E-state index is 0.0307. The van der Waals surface area contributed by atoms with E-state index in [1.807, 2.05) is 15.9 Å². The molecule has 3 saturated heterocycles. The number of benzene rings is 1. The Labute approximate surface area is 202 Å². The van der Waals surface area contributed by atoms with E-state index < -0.39 is 0 Å². The predicted molar refractivity (Wildman–Crippen MR) is 124 cm³/mol. The van der Waals surface area contributed by atoms with E-state index in [0.717, 1.165) is 31.5 Å². The molecule has 1 unspecified atom stereocenters. The van der Waals surface area contributed by atoms with E-state index in [1.54, 1.807) is 24.4 Å². The maximum atomic E-state index is 13.6. The third kappa shape index (κ3) is 4.49. The summed E-state index contributed by atoms with van der Waals surface area (Å²) in [4.78, 5) is 33.0. The van der Waals surface area contributed by atoms with Crippen molar-refractivity contribution in [2.75, 3.05) is 39.4 Å². The van der Waals surface area contributed by atoms with Crippen LogP contribution in [-0.2, 0) is 16.0 Å². The number of likely N-dealkylation sites (tertiary alicyclic amines) is 1. The second-order valence-corrected chi connectivity index (χ2v) is 9.70. The molecule has 5 rings (SSSR count). The molecule has 3 fully saturated rings. The zero-order valence-corrected chi connectivity index (χ0v) is 19.8. The minimum atomic E-state index is -0.216. The number of nitrogens with one attached hydrogen (secondary N) is 1. The van der Waals surface area contributed by atoms with E-state index in [-0.39, 0.29) is 36.4 Å². The van der Waals surface area contributed by atoms with Crippen molar-refractivity contribution in [2.24, 2.45) is 0 Å². The second kappa shape index (κ2) is 9.62. The van der Waals surface area contributed by atoms with Crippen molar-refractivity contribution in [3.8, 4) is 0 Å². The van der Waals surface area contributed by atoms with Crippen molar-refractivity contribution in [1.82, 2.24) is 24.9 Å². The van der Waals surface area contributed by atoms with Gasteiger partial charge in [0, 0.05) is 19.3 Å². The van der Waals surface area contributed by atoms with Crippen molar-refractivity contribution in [3.05, 3.63) is 51.8 Å². The molecule has 3 aliphatic heterocycles.